The van der Waals surface area contributed by atoms with Crippen LogP contribution in [0.5, 0.6) is 0 Å². The van der Waals surface area contributed by atoms with Crippen molar-refractivity contribution in [1.82, 2.24) is 29.7 Å². The van der Waals surface area contributed by atoms with E-state index in [2.05, 4.69) is 37.4 Å². The van der Waals surface area contributed by atoms with Gasteiger partial charge >= 0.3 is 0 Å². The molecule has 0 aliphatic carbocycles. The van der Waals surface area contributed by atoms with Gasteiger partial charge in [0.25, 0.3) is 0 Å². The molecule has 1 saturated heterocycles. The predicted octanol–water partition coefficient (Wildman–Crippen LogP) is 5.44. The van der Waals surface area contributed by atoms with Crippen LogP contribution in [0.25, 0.3) is 55.6 Å². The molecule has 10 heteroatoms. The number of aromatic amines is 1. The molecule has 7 rings (SSSR count). The normalized spacial score (nSPS) is 14.5. The Hall–Kier alpha value is -5.09. The van der Waals surface area contributed by atoms with Crippen molar-refractivity contribution in [2.24, 2.45) is 5.92 Å². The first-order chi connectivity index (χ1) is 20.5. The molecule has 0 bridgehead atoms. The number of hydrogen-bond donors (Lipinski definition) is 3. The van der Waals surface area contributed by atoms with Crippen LogP contribution in [0, 0.1) is 11.7 Å². The van der Waals surface area contributed by atoms with Crippen LogP contribution < -0.4 is 11.2 Å². The van der Waals surface area contributed by atoms with Gasteiger partial charge in [-0.05, 0) is 68.9 Å². The number of likely N-dealkylation sites (tertiary alicyclic amines) is 1. The Bertz CT molecular complexity index is 1950. The van der Waals surface area contributed by atoms with Crippen molar-refractivity contribution < 1.29 is 9.18 Å². The number of benzene rings is 2. The van der Waals surface area contributed by atoms with E-state index < -0.39 is 0 Å². The zero-order valence-electron chi connectivity index (χ0n) is 23.0. The number of fused-ring (bicyclic) bond motifs is 2. The minimum Gasteiger partial charge on any atom is -0.339 e. The fourth-order valence-corrected chi connectivity index (χ4v) is 5.79. The number of piperidine rings is 1. The molecule has 210 valence electrons. The molecule has 4 aromatic heterocycles. The molecular formula is C32H29FN8O. The lowest BCUT2D eigenvalue weighted by Gasteiger charge is -2.28. The van der Waals surface area contributed by atoms with E-state index in [9.17, 15) is 9.18 Å². The maximum atomic E-state index is 14.7. The highest BCUT2D eigenvalue weighted by Crippen LogP contribution is 2.36. The van der Waals surface area contributed by atoms with E-state index in [4.69, 9.17) is 5.84 Å². The number of nitrogens with two attached hydrogens (primary N) is 1. The van der Waals surface area contributed by atoms with Gasteiger partial charge in [-0.15, -0.1) is 0 Å². The first kappa shape index (κ1) is 25.8. The van der Waals surface area contributed by atoms with Crippen LogP contribution >= 0.6 is 0 Å². The second-order valence-electron chi connectivity index (χ2n) is 10.8. The number of rotatable bonds is 5. The first-order valence-corrected chi connectivity index (χ1v) is 13.9. The Morgan fingerprint density at radius 3 is 2.60 bits per heavy atom. The van der Waals surface area contributed by atoms with Crippen LogP contribution in [-0.2, 0) is 4.79 Å². The molecule has 6 aromatic rings. The molecule has 2 aromatic carbocycles. The van der Waals surface area contributed by atoms with Crippen molar-refractivity contribution in [3.8, 4) is 33.6 Å². The summed E-state index contributed by atoms with van der Waals surface area (Å²) in [5, 5.41) is 12.1. The van der Waals surface area contributed by atoms with Gasteiger partial charge in [-0.3, -0.25) is 19.6 Å². The average molecular weight is 561 g/mol. The molecule has 5 heterocycles. The number of amides is 1. The van der Waals surface area contributed by atoms with Gasteiger partial charge in [-0.25, -0.2) is 9.37 Å². The molecule has 1 fully saturated rings. The zero-order chi connectivity index (χ0) is 28.8. The third kappa shape index (κ3) is 4.55. The van der Waals surface area contributed by atoms with Crippen molar-refractivity contribution in [3.63, 3.8) is 0 Å². The van der Waals surface area contributed by atoms with Crippen molar-refractivity contribution in [2.45, 2.75) is 12.8 Å². The summed E-state index contributed by atoms with van der Waals surface area (Å²) in [4.78, 5) is 24.1. The van der Waals surface area contributed by atoms with E-state index in [1.54, 1.807) is 35.4 Å². The van der Waals surface area contributed by atoms with Gasteiger partial charge in [-0.1, -0.05) is 30.3 Å². The van der Waals surface area contributed by atoms with E-state index in [1.165, 1.54) is 6.07 Å². The summed E-state index contributed by atoms with van der Waals surface area (Å²) in [6.45, 7) is 1.84. The summed E-state index contributed by atoms with van der Waals surface area (Å²) < 4.78 is 16.3. The SMILES string of the molecule is CN1CCC(C(=O)Nc2cncc(-c3cnc4n[nH]c(-c5cc6c(-c7ccccc7F)cccc6n5N)c4c3)c2)CC1. The number of nitrogens with one attached hydrogen (secondary N) is 2. The lowest BCUT2D eigenvalue weighted by atomic mass is 9.96. The summed E-state index contributed by atoms with van der Waals surface area (Å²) in [5.74, 6) is 6.32. The largest absolute Gasteiger partial charge is 0.339 e. The zero-order valence-corrected chi connectivity index (χ0v) is 23.0. The van der Waals surface area contributed by atoms with Crippen molar-refractivity contribution in [2.75, 3.05) is 31.3 Å². The molecule has 1 amide bonds. The Balaban J connectivity index is 1.24. The van der Waals surface area contributed by atoms with Crippen molar-refractivity contribution >= 4 is 33.5 Å². The number of carbonyl (C=O) groups is 1. The molecule has 0 radical (unpaired) electrons. The van der Waals surface area contributed by atoms with Crippen LogP contribution in [0.4, 0.5) is 10.1 Å². The van der Waals surface area contributed by atoms with E-state index in [0.29, 0.717) is 28.3 Å². The molecule has 4 N–H and O–H groups in total. The van der Waals surface area contributed by atoms with E-state index in [0.717, 1.165) is 58.9 Å². The van der Waals surface area contributed by atoms with Crippen LogP contribution in [0.15, 0.2) is 79.3 Å². The molecule has 0 saturated carbocycles. The standard InChI is InChI=1S/C32H29FN8O/c1-40-11-9-19(10-12-40)32(42)37-22-13-20(16-35-18-22)21-14-26-30(38-39-31(26)36-17-21)29-15-25-23(6-4-8-28(25)41(29)34)24-5-2-3-7-27(24)33/h2-8,13-19H,9-12,34H2,1H3,(H,37,42)(H,36,38,39). The molecular weight excluding hydrogens is 531 g/mol. The summed E-state index contributed by atoms with van der Waals surface area (Å²) in [7, 11) is 2.08. The number of pyridine rings is 2. The number of hydrogen-bond acceptors (Lipinski definition) is 6. The third-order valence-electron chi connectivity index (χ3n) is 8.14. The molecule has 1 aliphatic heterocycles. The smallest absolute Gasteiger partial charge is 0.227 e. The maximum Gasteiger partial charge on any atom is 0.227 e. The number of nitrogen functional groups attached to an aromatic ring is 1. The van der Waals surface area contributed by atoms with Gasteiger partial charge < -0.3 is 16.1 Å². The highest BCUT2D eigenvalue weighted by atomic mass is 19.1. The second-order valence-corrected chi connectivity index (χ2v) is 10.8. The van der Waals surface area contributed by atoms with Gasteiger partial charge in [0.15, 0.2) is 5.65 Å². The molecule has 0 unspecified atom stereocenters. The topological polar surface area (TPSA) is 118 Å². The number of halogens is 1. The quantitative estimate of drug-likeness (QED) is 0.242. The molecule has 42 heavy (non-hydrogen) atoms. The highest BCUT2D eigenvalue weighted by Gasteiger charge is 2.24. The number of nitrogens with zero attached hydrogens (tertiary/aromatic N) is 5. The average Bonchev–Trinajstić information content (AvgIpc) is 3.58. The predicted molar refractivity (Wildman–Crippen MR) is 162 cm³/mol. The second kappa shape index (κ2) is 10.4. The Morgan fingerprint density at radius 1 is 0.976 bits per heavy atom. The van der Waals surface area contributed by atoms with Gasteiger partial charge in [0.05, 0.1) is 28.8 Å². The molecule has 0 atom stereocenters. The summed E-state index contributed by atoms with van der Waals surface area (Å²) in [6, 6.07) is 18.2. The minimum atomic E-state index is -0.296. The summed E-state index contributed by atoms with van der Waals surface area (Å²) in [5.41, 5.74) is 6.21. The molecule has 0 spiro atoms. The lowest BCUT2D eigenvalue weighted by Crippen LogP contribution is -2.35. The summed E-state index contributed by atoms with van der Waals surface area (Å²) >= 11 is 0. The number of carbonyl (C=O) groups excluding carboxylic acids is 1. The number of H-pyrrole nitrogens is 1. The summed E-state index contributed by atoms with van der Waals surface area (Å²) in [6.07, 6.45) is 6.83. The van der Waals surface area contributed by atoms with Crippen LogP contribution in [0.2, 0.25) is 0 Å². The molecule has 1 aliphatic rings. The maximum absolute atomic E-state index is 14.7. The minimum absolute atomic E-state index is 0.00159. The van der Waals surface area contributed by atoms with Gasteiger partial charge in [0, 0.05) is 45.8 Å². The Kier molecular flexibility index (Phi) is 6.39. The van der Waals surface area contributed by atoms with Gasteiger partial charge in [-0.2, -0.15) is 5.10 Å². The van der Waals surface area contributed by atoms with E-state index >= 15 is 0 Å². The number of aromatic nitrogens is 5. The van der Waals surface area contributed by atoms with Crippen molar-refractivity contribution in [1.29, 1.82) is 0 Å². The third-order valence-corrected chi connectivity index (χ3v) is 8.14. The fourth-order valence-electron chi connectivity index (χ4n) is 5.79. The van der Waals surface area contributed by atoms with Crippen LogP contribution in [0.3, 0.4) is 0 Å². The van der Waals surface area contributed by atoms with Gasteiger partial charge in [0.1, 0.15) is 5.82 Å². The highest BCUT2D eigenvalue weighted by molar-refractivity contribution is 6.02. The lowest BCUT2D eigenvalue weighted by molar-refractivity contribution is -0.121. The fraction of sp³-hybridized carbons (Fsp3) is 0.188. The van der Waals surface area contributed by atoms with Crippen LogP contribution in [-0.4, -0.2) is 55.8 Å². The van der Waals surface area contributed by atoms with E-state index in [-0.39, 0.29) is 17.6 Å². The monoisotopic (exact) mass is 560 g/mol. The first-order valence-electron chi connectivity index (χ1n) is 13.9. The van der Waals surface area contributed by atoms with Gasteiger partial charge in [0.2, 0.25) is 5.91 Å². The van der Waals surface area contributed by atoms with Crippen LogP contribution in [0.1, 0.15) is 12.8 Å². The Labute approximate surface area is 241 Å². The van der Waals surface area contributed by atoms with E-state index in [1.807, 2.05) is 42.5 Å². The number of anilines is 1. The Morgan fingerprint density at radius 2 is 1.76 bits per heavy atom. The molecule has 9 nitrogen and oxygen atoms in total. The van der Waals surface area contributed by atoms with Crippen molar-refractivity contribution in [3.05, 3.63) is 85.1 Å².